The first kappa shape index (κ1) is 18.5. The summed E-state index contributed by atoms with van der Waals surface area (Å²) in [5, 5.41) is 8.93. The van der Waals surface area contributed by atoms with Crippen LogP contribution in [0.3, 0.4) is 0 Å². The highest BCUT2D eigenvalue weighted by Crippen LogP contribution is 2.29. The van der Waals surface area contributed by atoms with Gasteiger partial charge in [0.1, 0.15) is 0 Å². The Morgan fingerprint density at radius 2 is 1.41 bits per heavy atom. The van der Waals surface area contributed by atoms with Gasteiger partial charge in [0, 0.05) is 45.7 Å². The Morgan fingerprint density at radius 3 is 2.00 bits per heavy atom. The minimum Gasteiger partial charge on any atom is -0.355 e. The van der Waals surface area contributed by atoms with Crippen molar-refractivity contribution < 1.29 is 4.79 Å². The molecule has 1 saturated carbocycles. The van der Waals surface area contributed by atoms with Crippen LogP contribution in [0.2, 0.25) is 0 Å². The van der Waals surface area contributed by atoms with Gasteiger partial charge in [-0.25, -0.2) is 0 Å². The third kappa shape index (κ3) is 4.71. The van der Waals surface area contributed by atoms with Gasteiger partial charge >= 0.3 is 0 Å². The fraction of sp³-hybridized carbons (Fsp3) is 0.762. The molecular formula is C21H33N5O. The van der Waals surface area contributed by atoms with Gasteiger partial charge in [0.15, 0.2) is 11.6 Å². The minimum absolute atomic E-state index is 0.341. The van der Waals surface area contributed by atoms with E-state index in [4.69, 9.17) is 0 Å². The fourth-order valence-corrected chi connectivity index (χ4v) is 4.75. The summed E-state index contributed by atoms with van der Waals surface area (Å²) >= 11 is 0. The van der Waals surface area contributed by atoms with Gasteiger partial charge in [-0.05, 0) is 43.7 Å². The van der Waals surface area contributed by atoms with Gasteiger partial charge in [0.2, 0.25) is 5.91 Å². The zero-order chi connectivity index (χ0) is 18.5. The molecule has 6 heteroatoms. The van der Waals surface area contributed by atoms with Crippen LogP contribution in [-0.2, 0) is 4.79 Å². The van der Waals surface area contributed by atoms with Crippen LogP contribution in [0.25, 0.3) is 0 Å². The lowest BCUT2D eigenvalue weighted by Crippen LogP contribution is -2.49. The second kappa shape index (κ2) is 8.89. The maximum Gasteiger partial charge on any atom is 0.222 e. The SMILES string of the molecule is O=C(CCC1CCCC1)N1CCN(c2ccc(N3CCCCC3)nn2)CC1. The second-order valence-electron chi connectivity index (χ2n) is 8.35. The molecule has 3 heterocycles. The van der Waals surface area contributed by atoms with Crippen LogP contribution in [0.4, 0.5) is 11.6 Å². The Balaban J connectivity index is 1.24. The second-order valence-corrected chi connectivity index (χ2v) is 8.35. The van der Waals surface area contributed by atoms with Gasteiger partial charge < -0.3 is 14.7 Å². The molecule has 3 fully saturated rings. The lowest BCUT2D eigenvalue weighted by molar-refractivity contribution is -0.131. The van der Waals surface area contributed by atoms with E-state index in [1.165, 1.54) is 44.9 Å². The number of piperidine rings is 1. The molecule has 2 saturated heterocycles. The number of anilines is 2. The highest BCUT2D eigenvalue weighted by atomic mass is 16.2. The van der Waals surface area contributed by atoms with Crippen molar-refractivity contribution in [3.8, 4) is 0 Å². The van der Waals surface area contributed by atoms with E-state index < -0.39 is 0 Å². The number of amides is 1. The predicted octanol–water partition coefficient (Wildman–Crippen LogP) is 3.09. The molecule has 1 aliphatic carbocycles. The van der Waals surface area contributed by atoms with Gasteiger partial charge in [0.25, 0.3) is 0 Å². The number of hydrogen-bond acceptors (Lipinski definition) is 5. The van der Waals surface area contributed by atoms with Crippen LogP contribution in [0.5, 0.6) is 0 Å². The lowest BCUT2D eigenvalue weighted by atomic mass is 10.0. The Morgan fingerprint density at radius 1 is 0.815 bits per heavy atom. The van der Waals surface area contributed by atoms with E-state index in [1.807, 2.05) is 4.90 Å². The Bertz CT molecular complexity index is 600. The number of hydrogen-bond donors (Lipinski definition) is 0. The van der Waals surface area contributed by atoms with Crippen LogP contribution >= 0.6 is 0 Å². The molecule has 27 heavy (non-hydrogen) atoms. The lowest BCUT2D eigenvalue weighted by Gasteiger charge is -2.35. The predicted molar refractivity (Wildman–Crippen MR) is 108 cm³/mol. The number of rotatable bonds is 5. The minimum atomic E-state index is 0.341. The Hall–Kier alpha value is -1.85. The maximum absolute atomic E-state index is 12.5. The maximum atomic E-state index is 12.5. The summed E-state index contributed by atoms with van der Waals surface area (Å²) in [5.74, 6) is 3.07. The quantitative estimate of drug-likeness (QED) is 0.796. The molecule has 0 unspecified atom stereocenters. The largest absolute Gasteiger partial charge is 0.355 e. The fourth-order valence-electron chi connectivity index (χ4n) is 4.75. The van der Waals surface area contributed by atoms with Gasteiger partial charge in [-0.3, -0.25) is 4.79 Å². The molecule has 1 aromatic heterocycles. The molecule has 0 aromatic carbocycles. The van der Waals surface area contributed by atoms with E-state index in [0.717, 1.165) is 69.7 Å². The van der Waals surface area contributed by atoms with E-state index in [2.05, 4.69) is 32.1 Å². The highest BCUT2D eigenvalue weighted by Gasteiger charge is 2.24. The van der Waals surface area contributed by atoms with Crippen LogP contribution in [-0.4, -0.2) is 60.3 Å². The molecule has 1 aromatic rings. The van der Waals surface area contributed by atoms with Crippen LogP contribution < -0.4 is 9.80 Å². The molecule has 3 aliphatic rings. The average molecular weight is 372 g/mol. The van der Waals surface area contributed by atoms with Crippen molar-refractivity contribution in [1.82, 2.24) is 15.1 Å². The third-order valence-corrected chi connectivity index (χ3v) is 6.51. The molecular weight excluding hydrogens is 338 g/mol. The standard InChI is InChI=1S/C21H33N5O/c27-21(11-8-18-6-2-3-7-18)26-16-14-25(15-17-26)20-10-9-19(22-23-20)24-12-4-1-5-13-24/h9-10,18H,1-8,11-17H2. The summed E-state index contributed by atoms with van der Waals surface area (Å²) < 4.78 is 0. The first-order valence-corrected chi connectivity index (χ1v) is 10.9. The zero-order valence-electron chi connectivity index (χ0n) is 16.5. The number of piperazine rings is 1. The zero-order valence-corrected chi connectivity index (χ0v) is 16.5. The van der Waals surface area contributed by atoms with E-state index in [9.17, 15) is 4.79 Å². The summed E-state index contributed by atoms with van der Waals surface area (Å²) in [5.41, 5.74) is 0. The Kier molecular flexibility index (Phi) is 6.10. The van der Waals surface area contributed by atoms with Crippen molar-refractivity contribution in [2.45, 2.75) is 57.8 Å². The molecule has 0 bridgehead atoms. The number of aromatic nitrogens is 2. The third-order valence-electron chi connectivity index (χ3n) is 6.51. The summed E-state index contributed by atoms with van der Waals surface area (Å²) in [6.45, 7) is 5.50. The van der Waals surface area contributed by atoms with Crippen molar-refractivity contribution in [2.75, 3.05) is 49.1 Å². The molecule has 2 aliphatic heterocycles. The summed E-state index contributed by atoms with van der Waals surface area (Å²) in [7, 11) is 0. The van der Waals surface area contributed by atoms with E-state index in [0.29, 0.717) is 5.91 Å². The molecule has 0 spiro atoms. The van der Waals surface area contributed by atoms with E-state index in [1.54, 1.807) is 0 Å². The van der Waals surface area contributed by atoms with Crippen molar-refractivity contribution in [1.29, 1.82) is 0 Å². The Labute approximate surface area is 162 Å². The molecule has 148 valence electrons. The number of carbonyl (C=O) groups excluding carboxylic acids is 1. The van der Waals surface area contributed by atoms with Gasteiger partial charge in [0.05, 0.1) is 0 Å². The van der Waals surface area contributed by atoms with E-state index >= 15 is 0 Å². The van der Waals surface area contributed by atoms with Gasteiger partial charge in [-0.15, -0.1) is 10.2 Å². The summed E-state index contributed by atoms with van der Waals surface area (Å²) in [6.07, 6.45) is 11.0. The van der Waals surface area contributed by atoms with Crippen molar-refractivity contribution in [3.63, 3.8) is 0 Å². The highest BCUT2D eigenvalue weighted by molar-refractivity contribution is 5.76. The summed E-state index contributed by atoms with van der Waals surface area (Å²) in [6, 6.07) is 4.20. The molecule has 6 nitrogen and oxygen atoms in total. The van der Waals surface area contributed by atoms with Crippen molar-refractivity contribution in [2.24, 2.45) is 5.92 Å². The topological polar surface area (TPSA) is 52.6 Å². The molecule has 0 N–H and O–H groups in total. The average Bonchev–Trinajstić information content (AvgIpc) is 3.27. The van der Waals surface area contributed by atoms with Crippen LogP contribution in [0.15, 0.2) is 12.1 Å². The van der Waals surface area contributed by atoms with Gasteiger partial charge in [-0.1, -0.05) is 25.7 Å². The summed E-state index contributed by atoms with van der Waals surface area (Å²) in [4.78, 5) is 19.1. The number of nitrogens with zero attached hydrogens (tertiary/aromatic N) is 5. The first-order chi connectivity index (χ1) is 13.3. The molecule has 0 radical (unpaired) electrons. The van der Waals surface area contributed by atoms with Crippen molar-refractivity contribution >= 4 is 17.5 Å². The smallest absolute Gasteiger partial charge is 0.222 e. The molecule has 1 amide bonds. The van der Waals surface area contributed by atoms with Crippen molar-refractivity contribution in [3.05, 3.63) is 12.1 Å². The molecule has 4 rings (SSSR count). The van der Waals surface area contributed by atoms with E-state index in [-0.39, 0.29) is 0 Å². The first-order valence-electron chi connectivity index (χ1n) is 10.9. The number of carbonyl (C=O) groups is 1. The monoisotopic (exact) mass is 371 g/mol. The van der Waals surface area contributed by atoms with Crippen LogP contribution in [0.1, 0.15) is 57.8 Å². The molecule has 0 atom stereocenters. The normalized spacial score (nSPS) is 21.7. The van der Waals surface area contributed by atoms with Gasteiger partial charge in [-0.2, -0.15) is 0 Å². The van der Waals surface area contributed by atoms with Crippen LogP contribution in [0, 0.1) is 5.92 Å².